The molecule has 1 amide bonds. The summed E-state index contributed by atoms with van der Waals surface area (Å²) < 4.78 is 36.4. The number of halogens is 3. The van der Waals surface area contributed by atoms with Crippen LogP contribution in [0.2, 0.25) is 0 Å². The second kappa shape index (κ2) is 4.42. The van der Waals surface area contributed by atoms with Crippen molar-refractivity contribution in [3.8, 4) is 0 Å². The Morgan fingerprint density at radius 2 is 1.83 bits per heavy atom. The van der Waals surface area contributed by atoms with Crippen LogP contribution in [-0.2, 0) is 9.59 Å². The lowest BCUT2D eigenvalue weighted by atomic mass is 10.1. The average Bonchev–Trinajstić information content (AvgIpc) is 2.62. The predicted octanol–water partition coefficient (Wildman–Crippen LogP) is 0.308. The van der Waals surface area contributed by atoms with E-state index in [1.165, 1.54) is 0 Å². The van der Waals surface area contributed by atoms with E-state index in [9.17, 15) is 22.8 Å². The van der Waals surface area contributed by atoms with Gasteiger partial charge in [0.25, 0.3) is 0 Å². The third-order valence-electron chi connectivity index (χ3n) is 3.44. The molecular formula is C10H13F3N2O3. The maximum Gasteiger partial charge on any atom is 0.471 e. The second-order valence-electron chi connectivity index (χ2n) is 4.60. The van der Waals surface area contributed by atoms with Crippen LogP contribution in [0.1, 0.15) is 12.8 Å². The van der Waals surface area contributed by atoms with E-state index in [1.54, 1.807) is 4.90 Å². The van der Waals surface area contributed by atoms with E-state index in [4.69, 9.17) is 5.11 Å². The van der Waals surface area contributed by atoms with E-state index in [2.05, 4.69) is 0 Å². The highest BCUT2D eigenvalue weighted by atomic mass is 19.4. The Labute approximate surface area is 101 Å². The first kappa shape index (κ1) is 13.1. The third-order valence-corrected chi connectivity index (χ3v) is 3.44. The molecule has 0 radical (unpaired) electrons. The quantitative estimate of drug-likeness (QED) is 0.781. The van der Waals surface area contributed by atoms with Gasteiger partial charge in [-0.05, 0) is 19.4 Å². The predicted molar refractivity (Wildman–Crippen MR) is 53.8 cm³/mol. The number of hydrogen-bond acceptors (Lipinski definition) is 3. The zero-order valence-corrected chi connectivity index (χ0v) is 9.48. The summed E-state index contributed by atoms with van der Waals surface area (Å²) in [6.07, 6.45) is -3.61. The van der Waals surface area contributed by atoms with Gasteiger partial charge in [-0.15, -0.1) is 0 Å². The number of hydrogen-bond donors (Lipinski definition) is 1. The second-order valence-corrected chi connectivity index (χ2v) is 4.60. The van der Waals surface area contributed by atoms with Crippen LogP contribution in [0, 0.1) is 0 Å². The Bertz CT molecular complexity index is 366. The van der Waals surface area contributed by atoms with Gasteiger partial charge in [-0.1, -0.05) is 0 Å². The van der Waals surface area contributed by atoms with Crippen LogP contribution in [0.15, 0.2) is 0 Å². The monoisotopic (exact) mass is 266 g/mol. The molecule has 2 saturated heterocycles. The molecule has 2 rings (SSSR count). The fourth-order valence-corrected chi connectivity index (χ4v) is 2.50. The lowest BCUT2D eigenvalue weighted by Crippen LogP contribution is -2.64. The molecule has 1 atom stereocenters. The number of carboxylic acid groups (broad SMARTS) is 1. The normalized spacial score (nSPS) is 26.2. The number of alkyl halides is 3. The zero-order valence-electron chi connectivity index (χ0n) is 9.48. The summed E-state index contributed by atoms with van der Waals surface area (Å²) in [5, 5.41) is 8.95. The van der Waals surface area contributed by atoms with Crippen LogP contribution in [0.25, 0.3) is 0 Å². The van der Waals surface area contributed by atoms with Gasteiger partial charge in [0.15, 0.2) is 0 Å². The minimum atomic E-state index is -4.85. The minimum Gasteiger partial charge on any atom is -0.480 e. The SMILES string of the molecule is O=C(O)[C@@H]1CCCN1C1CN(C(=O)C(F)(F)F)C1. The smallest absolute Gasteiger partial charge is 0.471 e. The van der Waals surface area contributed by atoms with E-state index >= 15 is 0 Å². The van der Waals surface area contributed by atoms with Crippen LogP contribution < -0.4 is 0 Å². The van der Waals surface area contributed by atoms with Crippen molar-refractivity contribution < 1.29 is 27.9 Å². The molecule has 2 heterocycles. The molecule has 18 heavy (non-hydrogen) atoms. The van der Waals surface area contributed by atoms with Crippen LogP contribution in [-0.4, -0.2) is 64.7 Å². The summed E-state index contributed by atoms with van der Waals surface area (Å²) in [7, 11) is 0. The van der Waals surface area contributed by atoms with E-state index in [1.807, 2.05) is 0 Å². The Hall–Kier alpha value is -1.31. The van der Waals surface area contributed by atoms with Crippen LogP contribution in [0.4, 0.5) is 13.2 Å². The van der Waals surface area contributed by atoms with Crippen molar-refractivity contribution in [3.63, 3.8) is 0 Å². The summed E-state index contributed by atoms with van der Waals surface area (Å²) in [6.45, 7) is 0.486. The summed E-state index contributed by atoms with van der Waals surface area (Å²) in [5.74, 6) is -2.79. The number of nitrogens with zero attached hydrogens (tertiary/aromatic N) is 2. The third kappa shape index (κ3) is 2.29. The molecule has 0 aromatic carbocycles. The van der Waals surface area contributed by atoms with Gasteiger partial charge in [-0.3, -0.25) is 14.5 Å². The number of carboxylic acids is 1. The van der Waals surface area contributed by atoms with E-state index in [-0.39, 0.29) is 19.1 Å². The summed E-state index contributed by atoms with van der Waals surface area (Å²) in [6, 6.07) is -0.891. The molecule has 2 aliphatic heterocycles. The molecule has 0 bridgehead atoms. The van der Waals surface area contributed by atoms with Gasteiger partial charge in [0.05, 0.1) is 0 Å². The first-order chi connectivity index (χ1) is 8.30. The largest absolute Gasteiger partial charge is 0.480 e. The number of aliphatic carboxylic acids is 1. The molecule has 0 saturated carbocycles. The van der Waals surface area contributed by atoms with Crippen LogP contribution in [0.3, 0.4) is 0 Å². The molecule has 102 valence electrons. The molecule has 2 aliphatic rings. The van der Waals surface area contributed by atoms with Gasteiger partial charge >= 0.3 is 18.1 Å². The first-order valence-corrected chi connectivity index (χ1v) is 5.65. The van der Waals surface area contributed by atoms with Crippen molar-refractivity contribution in [2.24, 2.45) is 0 Å². The molecule has 8 heteroatoms. The summed E-state index contributed by atoms with van der Waals surface area (Å²) >= 11 is 0. The highest BCUT2D eigenvalue weighted by Gasteiger charge is 2.49. The Kier molecular flexibility index (Phi) is 3.22. The molecule has 2 fully saturated rings. The first-order valence-electron chi connectivity index (χ1n) is 5.65. The minimum absolute atomic E-state index is 0.0396. The standard InChI is InChI=1S/C10H13F3N2O3/c11-10(12,13)9(18)14-4-6(5-14)15-3-1-2-7(15)8(16)17/h6-7H,1-5H2,(H,16,17)/t7-/m0/s1. The molecule has 0 aromatic rings. The lowest BCUT2D eigenvalue weighted by Gasteiger charge is -2.45. The molecular weight excluding hydrogens is 253 g/mol. The van der Waals surface area contributed by atoms with Crippen molar-refractivity contribution in [3.05, 3.63) is 0 Å². The van der Waals surface area contributed by atoms with E-state index in [0.29, 0.717) is 17.9 Å². The van der Waals surface area contributed by atoms with Crippen molar-refractivity contribution in [1.82, 2.24) is 9.80 Å². The molecule has 1 N–H and O–H groups in total. The van der Waals surface area contributed by atoms with Gasteiger partial charge in [0.2, 0.25) is 0 Å². The Morgan fingerprint density at radius 1 is 1.22 bits per heavy atom. The molecule has 0 aliphatic carbocycles. The molecule has 0 aromatic heterocycles. The lowest BCUT2D eigenvalue weighted by molar-refractivity contribution is -0.192. The highest BCUT2D eigenvalue weighted by molar-refractivity contribution is 5.82. The molecule has 5 nitrogen and oxygen atoms in total. The van der Waals surface area contributed by atoms with Crippen molar-refractivity contribution in [2.45, 2.75) is 31.1 Å². The fraction of sp³-hybridized carbons (Fsp3) is 0.800. The van der Waals surface area contributed by atoms with Crippen molar-refractivity contribution in [2.75, 3.05) is 19.6 Å². The number of carbonyl (C=O) groups excluding carboxylic acids is 1. The summed E-state index contributed by atoms with van der Waals surface area (Å²) in [5.41, 5.74) is 0. The van der Waals surface area contributed by atoms with E-state index in [0.717, 1.165) is 6.42 Å². The number of rotatable bonds is 2. The van der Waals surface area contributed by atoms with Gasteiger partial charge in [-0.2, -0.15) is 13.2 Å². The molecule has 0 unspecified atom stereocenters. The zero-order chi connectivity index (χ0) is 13.5. The van der Waals surface area contributed by atoms with Gasteiger partial charge < -0.3 is 10.0 Å². The number of amides is 1. The average molecular weight is 266 g/mol. The Morgan fingerprint density at radius 3 is 2.33 bits per heavy atom. The Balaban J connectivity index is 1.89. The maximum absolute atomic E-state index is 12.1. The summed E-state index contributed by atoms with van der Waals surface area (Å²) in [4.78, 5) is 24.2. The van der Waals surface area contributed by atoms with Gasteiger partial charge in [0, 0.05) is 19.1 Å². The molecule has 0 spiro atoms. The number of likely N-dealkylation sites (tertiary alicyclic amines) is 2. The van der Waals surface area contributed by atoms with Gasteiger partial charge in [0.1, 0.15) is 6.04 Å². The number of carbonyl (C=O) groups is 2. The van der Waals surface area contributed by atoms with Crippen molar-refractivity contribution in [1.29, 1.82) is 0 Å². The highest BCUT2D eigenvalue weighted by Crippen LogP contribution is 2.28. The fourth-order valence-electron chi connectivity index (χ4n) is 2.50. The topological polar surface area (TPSA) is 60.9 Å². The van der Waals surface area contributed by atoms with Gasteiger partial charge in [-0.25, -0.2) is 0 Å². The van der Waals surface area contributed by atoms with Crippen LogP contribution >= 0.6 is 0 Å². The van der Waals surface area contributed by atoms with E-state index < -0.39 is 24.1 Å². The van der Waals surface area contributed by atoms with Crippen molar-refractivity contribution >= 4 is 11.9 Å². The maximum atomic E-state index is 12.1. The van der Waals surface area contributed by atoms with Crippen LogP contribution in [0.5, 0.6) is 0 Å².